The van der Waals surface area contributed by atoms with Crippen LogP contribution in [0.2, 0.25) is 0 Å². The minimum absolute atomic E-state index is 0. The van der Waals surface area contributed by atoms with E-state index in [1.807, 2.05) is 57.5 Å². The SMILES string of the molecule is Cc1ncsc1-c1ccc(CNC(=O)C2CC(O)CN2C(=O)C(NC(=O)COCCN2CCNCC2)C(C)(C)C)cc1.Cl. The number of amides is 3. The van der Waals surface area contributed by atoms with E-state index in [4.69, 9.17) is 4.74 Å². The predicted molar refractivity (Wildman–Crippen MR) is 169 cm³/mol. The Morgan fingerprint density at radius 1 is 1.19 bits per heavy atom. The number of hydrogen-bond acceptors (Lipinski definition) is 9. The number of carbonyl (C=O) groups excluding carboxylic acids is 3. The van der Waals surface area contributed by atoms with Crippen LogP contribution in [0.3, 0.4) is 0 Å². The molecule has 1 aromatic carbocycles. The van der Waals surface area contributed by atoms with Gasteiger partial charge in [-0.05, 0) is 23.5 Å². The summed E-state index contributed by atoms with van der Waals surface area (Å²) in [7, 11) is 0. The van der Waals surface area contributed by atoms with Crippen LogP contribution in [0, 0.1) is 12.3 Å². The van der Waals surface area contributed by atoms with Gasteiger partial charge in [-0.1, -0.05) is 45.0 Å². The van der Waals surface area contributed by atoms with E-state index >= 15 is 0 Å². The quantitative estimate of drug-likeness (QED) is 0.273. The van der Waals surface area contributed by atoms with E-state index < -0.39 is 29.5 Å². The summed E-state index contributed by atoms with van der Waals surface area (Å²) in [6, 6.07) is 6.20. The number of benzene rings is 1. The van der Waals surface area contributed by atoms with E-state index in [-0.39, 0.29) is 43.8 Å². The molecule has 2 fully saturated rings. The Bertz CT molecular complexity index is 1210. The van der Waals surface area contributed by atoms with Crippen LogP contribution in [0.1, 0.15) is 38.4 Å². The summed E-state index contributed by atoms with van der Waals surface area (Å²) < 4.78 is 5.60. The van der Waals surface area contributed by atoms with E-state index in [1.165, 1.54) is 4.90 Å². The van der Waals surface area contributed by atoms with Crippen LogP contribution >= 0.6 is 23.7 Å². The average molecular weight is 637 g/mol. The summed E-state index contributed by atoms with van der Waals surface area (Å²) >= 11 is 1.59. The van der Waals surface area contributed by atoms with Crippen LogP contribution in [0.5, 0.6) is 0 Å². The molecule has 2 aliphatic rings. The van der Waals surface area contributed by atoms with Crippen molar-refractivity contribution in [3.05, 3.63) is 41.0 Å². The number of piperazine rings is 1. The zero-order chi connectivity index (χ0) is 30.3. The third kappa shape index (κ3) is 9.69. The number of aryl methyl sites for hydroxylation is 1. The Labute approximate surface area is 264 Å². The van der Waals surface area contributed by atoms with Crippen molar-refractivity contribution in [2.45, 2.75) is 58.8 Å². The molecule has 3 unspecified atom stereocenters. The topological polar surface area (TPSA) is 136 Å². The van der Waals surface area contributed by atoms with Crippen molar-refractivity contribution in [3.63, 3.8) is 0 Å². The lowest BCUT2D eigenvalue weighted by molar-refractivity contribution is -0.144. The molecule has 2 aromatic rings. The number of thiazole rings is 1. The molecule has 4 N–H and O–H groups in total. The molecular formula is C30H45ClN6O5S. The van der Waals surface area contributed by atoms with Gasteiger partial charge >= 0.3 is 0 Å². The van der Waals surface area contributed by atoms with Crippen molar-refractivity contribution in [2.24, 2.45) is 5.41 Å². The summed E-state index contributed by atoms with van der Waals surface area (Å²) in [6.45, 7) is 12.7. The lowest BCUT2D eigenvalue weighted by Gasteiger charge is -2.35. The molecule has 1 aromatic heterocycles. The highest BCUT2D eigenvalue weighted by molar-refractivity contribution is 7.13. The maximum atomic E-state index is 13.7. The first-order valence-electron chi connectivity index (χ1n) is 14.6. The fourth-order valence-electron chi connectivity index (χ4n) is 5.28. The van der Waals surface area contributed by atoms with E-state index in [2.05, 4.69) is 25.8 Å². The summed E-state index contributed by atoms with van der Waals surface area (Å²) in [5.74, 6) is -1.11. The molecule has 0 bridgehead atoms. The number of ether oxygens (including phenoxy) is 1. The summed E-state index contributed by atoms with van der Waals surface area (Å²) in [5.41, 5.74) is 4.17. The van der Waals surface area contributed by atoms with Crippen molar-refractivity contribution in [2.75, 3.05) is 52.5 Å². The lowest BCUT2D eigenvalue weighted by Crippen LogP contribution is -2.58. The van der Waals surface area contributed by atoms with Crippen LogP contribution in [0.4, 0.5) is 0 Å². The van der Waals surface area contributed by atoms with Gasteiger partial charge in [0, 0.05) is 52.2 Å². The molecule has 0 aliphatic carbocycles. The molecular weight excluding hydrogens is 592 g/mol. The van der Waals surface area contributed by atoms with Gasteiger partial charge in [0.05, 0.1) is 28.8 Å². The van der Waals surface area contributed by atoms with Gasteiger partial charge < -0.3 is 30.7 Å². The molecule has 0 spiro atoms. The van der Waals surface area contributed by atoms with Gasteiger partial charge in [0.15, 0.2) is 0 Å². The van der Waals surface area contributed by atoms with Crippen LogP contribution < -0.4 is 16.0 Å². The first-order valence-corrected chi connectivity index (χ1v) is 15.5. The number of likely N-dealkylation sites (tertiary alicyclic amines) is 1. The minimum Gasteiger partial charge on any atom is -0.391 e. The molecule has 3 amide bonds. The van der Waals surface area contributed by atoms with Crippen molar-refractivity contribution >= 4 is 41.5 Å². The zero-order valence-corrected chi connectivity index (χ0v) is 27.1. The molecule has 11 nitrogen and oxygen atoms in total. The van der Waals surface area contributed by atoms with E-state index in [9.17, 15) is 19.5 Å². The first-order chi connectivity index (χ1) is 20.0. The number of nitrogens with one attached hydrogen (secondary N) is 3. The van der Waals surface area contributed by atoms with Gasteiger partial charge in [-0.3, -0.25) is 19.3 Å². The second kappa shape index (κ2) is 15.9. The van der Waals surface area contributed by atoms with Gasteiger partial charge in [0.25, 0.3) is 0 Å². The molecule has 2 aliphatic heterocycles. The van der Waals surface area contributed by atoms with Crippen molar-refractivity contribution in [1.29, 1.82) is 0 Å². The number of carbonyl (C=O) groups is 3. The highest BCUT2D eigenvalue weighted by Gasteiger charge is 2.44. The fourth-order valence-corrected chi connectivity index (χ4v) is 6.09. The highest BCUT2D eigenvalue weighted by atomic mass is 35.5. The number of aliphatic hydroxyl groups excluding tert-OH is 1. The Morgan fingerprint density at radius 2 is 1.88 bits per heavy atom. The monoisotopic (exact) mass is 636 g/mol. The molecule has 4 rings (SSSR count). The standard InChI is InChI=1S/C30H44N6O5S.ClH/c1-20-26(42-19-33-20)22-7-5-21(6-8-22)16-32-28(39)24-15-23(37)17-36(24)29(40)27(30(2,3)4)34-25(38)18-41-14-13-35-11-9-31-10-12-35;/h5-8,19,23-24,27,31,37H,9-18H2,1-4H3,(H,32,39)(H,34,38);1H. The second-order valence-corrected chi connectivity index (χ2v) is 12.9. The molecule has 238 valence electrons. The Kier molecular flexibility index (Phi) is 12.9. The van der Waals surface area contributed by atoms with E-state index in [1.54, 1.807) is 11.3 Å². The smallest absolute Gasteiger partial charge is 0.246 e. The molecule has 0 radical (unpaired) electrons. The Balaban J connectivity index is 0.00000506. The van der Waals surface area contributed by atoms with Gasteiger partial charge in [0.2, 0.25) is 17.7 Å². The summed E-state index contributed by atoms with van der Waals surface area (Å²) in [5, 5.41) is 19.5. The van der Waals surface area contributed by atoms with Gasteiger partial charge in [-0.25, -0.2) is 4.98 Å². The molecule has 0 saturated carbocycles. The third-order valence-electron chi connectivity index (χ3n) is 7.71. The maximum Gasteiger partial charge on any atom is 0.246 e. The van der Waals surface area contributed by atoms with Crippen molar-refractivity contribution in [3.8, 4) is 10.4 Å². The number of aromatic nitrogens is 1. The molecule has 3 atom stereocenters. The van der Waals surface area contributed by atoms with Crippen LogP contribution in [-0.4, -0.2) is 108 Å². The normalized spacial score (nSPS) is 19.9. The van der Waals surface area contributed by atoms with Gasteiger partial charge in [0.1, 0.15) is 18.7 Å². The zero-order valence-electron chi connectivity index (χ0n) is 25.4. The molecule has 43 heavy (non-hydrogen) atoms. The minimum atomic E-state index is -0.884. The lowest BCUT2D eigenvalue weighted by atomic mass is 9.85. The maximum absolute atomic E-state index is 13.7. The Hall–Kier alpha value is -2.61. The number of nitrogens with zero attached hydrogens (tertiary/aromatic N) is 3. The van der Waals surface area contributed by atoms with Crippen LogP contribution in [-0.2, 0) is 25.7 Å². The molecule has 3 heterocycles. The number of halogens is 1. The number of β-amino-alcohol motifs (C(OH)–C–C–N with tert-alkyl or cyclic N) is 1. The molecule has 2 saturated heterocycles. The predicted octanol–water partition coefficient (Wildman–Crippen LogP) is 1.57. The van der Waals surface area contributed by atoms with Gasteiger partial charge in [-0.15, -0.1) is 23.7 Å². The highest BCUT2D eigenvalue weighted by Crippen LogP contribution is 2.28. The van der Waals surface area contributed by atoms with Crippen LogP contribution in [0.15, 0.2) is 29.8 Å². The second-order valence-electron chi connectivity index (χ2n) is 12.1. The van der Waals surface area contributed by atoms with Crippen LogP contribution in [0.25, 0.3) is 10.4 Å². The molecule has 13 heteroatoms. The average Bonchev–Trinajstić information content (AvgIpc) is 3.58. The Morgan fingerprint density at radius 3 is 2.51 bits per heavy atom. The fraction of sp³-hybridized carbons (Fsp3) is 0.600. The van der Waals surface area contributed by atoms with E-state index in [0.717, 1.165) is 54.4 Å². The number of aliphatic hydroxyl groups is 1. The largest absolute Gasteiger partial charge is 0.391 e. The van der Waals surface area contributed by atoms with Crippen molar-refractivity contribution < 1.29 is 24.2 Å². The summed E-state index contributed by atoms with van der Waals surface area (Å²) in [6.07, 6.45) is -0.683. The van der Waals surface area contributed by atoms with Crippen molar-refractivity contribution in [1.82, 2.24) is 30.7 Å². The van der Waals surface area contributed by atoms with Gasteiger partial charge in [-0.2, -0.15) is 0 Å². The first kappa shape index (κ1) is 34.9. The third-order valence-corrected chi connectivity index (χ3v) is 8.68. The van der Waals surface area contributed by atoms with E-state index in [0.29, 0.717) is 13.2 Å². The number of hydrogen-bond donors (Lipinski definition) is 4. The number of rotatable bonds is 11. The summed E-state index contributed by atoms with van der Waals surface area (Å²) in [4.78, 5) is 48.8.